The maximum Gasteiger partial charge on any atom is 0.331 e. The van der Waals surface area contributed by atoms with Crippen LogP contribution in [0.1, 0.15) is 25.0 Å². The van der Waals surface area contributed by atoms with Gasteiger partial charge in [0.05, 0.1) is 0 Å². The van der Waals surface area contributed by atoms with Gasteiger partial charge in [0, 0.05) is 43.7 Å². The average Bonchev–Trinajstić information content (AvgIpc) is 3.19. The van der Waals surface area contributed by atoms with Crippen molar-refractivity contribution in [2.45, 2.75) is 44.6 Å². The Labute approximate surface area is 339 Å². The summed E-state index contributed by atoms with van der Waals surface area (Å²) < 4.78 is 40.7. The van der Waals surface area contributed by atoms with Crippen molar-refractivity contribution in [1.29, 1.82) is 0 Å². The van der Waals surface area contributed by atoms with E-state index in [1.807, 2.05) is 0 Å². The third-order valence-electron chi connectivity index (χ3n) is 8.73. The van der Waals surface area contributed by atoms with Gasteiger partial charge >= 0.3 is 23.9 Å². The van der Waals surface area contributed by atoms with E-state index in [9.17, 15) is 49.5 Å². The van der Waals surface area contributed by atoms with E-state index in [2.05, 4.69) is 0 Å². The van der Waals surface area contributed by atoms with Crippen molar-refractivity contribution in [3.8, 4) is 45.8 Å². The first-order valence-corrected chi connectivity index (χ1v) is 18.0. The molecule has 6 rings (SSSR count). The summed E-state index contributed by atoms with van der Waals surface area (Å²) >= 11 is 0. The number of fused-ring (bicyclic) bond motifs is 1. The summed E-state index contributed by atoms with van der Waals surface area (Å²) in [6.45, 7) is 1.30. The van der Waals surface area contributed by atoms with E-state index in [1.165, 1.54) is 84.9 Å². The van der Waals surface area contributed by atoms with Crippen LogP contribution >= 0.6 is 0 Å². The Hall–Kier alpha value is -7.79. The van der Waals surface area contributed by atoms with Crippen LogP contribution in [0.5, 0.6) is 34.5 Å². The van der Waals surface area contributed by atoms with Gasteiger partial charge in [-0.1, -0.05) is 24.3 Å². The molecule has 5 aromatic rings. The Balaban J connectivity index is 1.42. The predicted octanol–water partition coefficient (Wildman–Crippen LogP) is 4.84. The number of phenolic OH excluding ortho intramolecular Hbond substituents is 5. The molecule has 1 saturated heterocycles. The van der Waals surface area contributed by atoms with Gasteiger partial charge in [-0.15, -0.1) is 0 Å². The largest absolute Gasteiger partial charge is 0.508 e. The second-order valence-electron chi connectivity index (χ2n) is 13.2. The Morgan fingerprint density at radius 3 is 1.75 bits per heavy atom. The van der Waals surface area contributed by atoms with Crippen molar-refractivity contribution in [1.82, 2.24) is 0 Å². The van der Waals surface area contributed by atoms with E-state index < -0.39 is 89.3 Å². The molecule has 1 fully saturated rings. The first kappa shape index (κ1) is 41.8. The van der Waals surface area contributed by atoms with Crippen LogP contribution in [0.3, 0.4) is 0 Å². The van der Waals surface area contributed by atoms with Crippen molar-refractivity contribution in [2.75, 3.05) is 6.61 Å². The second-order valence-corrected chi connectivity index (χ2v) is 13.2. The normalized spacial score (nSPS) is 18.9. The highest BCUT2D eigenvalue weighted by molar-refractivity contribution is 5.89. The number of benzene rings is 4. The Morgan fingerprint density at radius 2 is 1.18 bits per heavy atom. The van der Waals surface area contributed by atoms with Gasteiger partial charge < -0.3 is 58.4 Å². The maximum absolute atomic E-state index is 14.2. The lowest BCUT2D eigenvalue weighted by Gasteiger charge is -2.43. The maximum atomic E-state index is 14.2. The Bertz CT molecular complexity index is 2500. The van der Waals surface area contributed by atoms with Gasteiger partial charge in [-0.3, -0.25) is 14.4 Å². The summed E-state index contributed by atoms with van der Waals surface area (Å²) in [6.07, 6.45) is -3.98. The van der Waals surface area contributed by atoms with Crippen LogP contribution < -0.4 is 10.2 Å². The molecule has 0 radical (unpaired) electrons. The third-order valence-corrected chi connectivity index (χ3v) is 8.73. The molecule has 310 valence electrons. The van der Waals surface area contributed by atoms with Gasteiger partial charge in [0.25, 0.3) is 0 Å². The van der Waals surface area contributed by atoms with E-state index >= 15 is 0 Å². The fraction of sp³-hybridized carbons (Fsp3) is 0.186. The predicted molar refractivity (Wildman–Crippen MR) is 208 cm³/mol. The number of carbonyl (C=O) groups excluding carboxylic acids is 4. The number of ether oxygens (including phenoxy) is 6. The molecule has 17 nitrogen and oxygen atoms in total. The molecular weight excluding hydrogens is 788 g/mol. The zero-order valence-corrected chi connectivity index (χ0v) is 31.6. The van der Waals surface area contributed by atoms with Crippen molar-refractivity contribution in [3.63, 3.8) is 0 Å². The minimum atomic E-state index is -1.94. The Morgan fingerprint density at radius 1 is 0.650 bits per heavy atom. The molecule has 0 bridgehead atoms. The lowest BCUT2D eigenvalue weighted by atomic mass is 9.98. The lowest BCUT2D eigenvalue weighted by molar-refractivity contribution is -0.288. The van der Waals surface area contributed by atoms with Gasteiger partial charge in [-0.05, 0) is 71.8 Å². The van der Waals surface area contributed by atoms with Crippen LogP contribution in [0.25, 0.3) is 34.4 Å². The number of esters is 4. The third kappa shape index (κ3) is 10.2. The highest BCUT2D eigenvalue weighted by atomic mass is 16.7. The first-order valence-electron chi connectivity index (χ1n) is 18.0. The Kier molecular flexibility index (Phi) is 12.7. The quantitative estimate of drug-likeness (QED) is 0.0641. The van der Waals surface area contributed by atoms with Crippen LogP contribution in [0.4, 0.5) is 0 Å². The first-order chi connectivity index (χ1) is 28.6. The number of carbonyl (C=O) groups is 4. The molecule has 5 atom stereocenters. The van der Waals surface area contributed by atoms with Crippen LogP contribution in [0, 0.1) is 0 Å². The van der Waals surface area contributed by atoms with Crippen molar-refractivity contribution in [2.24, 2.45) is 0 Å². The van der Waals surface area contributed by atoms with E-state index in [1.54, 1.807) is 0 Å². The van der Waals surface area contributed by atoms with Gasteiger partial charge in [0.2, 0.25) is 23.6 Å². The highest BCUT2D eigenvalue weighted by Gasteiger charge is 2.54. The van der Waals surface area contributed by atoms with Gasteiger partial charge in [-0.25, -0.2) is 9.59 Å². The summed E-state index contributed by atoms with van der Waals surface area (Å²) in [5.41, 5.74) is -0.138. The summed E-state index contributed by atoms with van der Waals surface area (Å²) in [6, 6.07) is 18.9. The standard InChI is InChI=1S/C43H36O17/c1-22(44)55-41-39(59-35(52)18-8-25-5-13-28(47)14-6-25)33(21-54-34(51)17-7-24-3-11-27(46)12-4-24)58-43(42(41)56-23(2)45)60-40-37(53)36-31(50)19-30(49)20-32(36)57-38(40)26-9-15-29(48)16-10-26/h3-20,33,39,41-43,46-50H,21H2,1-2H3/b17-7+,18-8-/t33-,39-,41+,42-,43+/m1/s1. The molecule has 1 aliphatic heterocycles. The zero-order valence-electron chi connectivity index (χ0n) is 31.6. The number of aromatic hydroxyl groups is 5. The van der Waals surface area contributed by atoms with Gasteiger partial charge in [0.1, 0.15) is 52.4 Å². The molecule has 0 amide bonds. The average molecular weight is 825 g/mol. The zero-order chi connectivity index (χ0) is 43.1. The molecule has 4 aromatic carbocycles. The molecule has 1 aliphatic rings. The molecule has 5 N–H and O–H groups in total. The summed E-state index contributed by atoms with van der Waals surface area (Å²) in [4.78, 5) is 65.8. The minimum Gasteiger partial charge on any atom is -0.508 e. The van der Waals surface area contributed by atoms with Crippen LogP contribution in [0.2, 0.25) is 0 Å². The number of hydrogen-bond donors (Lipinski definition) is 5. The van der Waals surface area contributed by atoms with E-state index in [0.29, 0.717) is 11.1 Å². The van der Waals surface area contributed by atoms with Crippen LogP contribution in [-0.4, -0.2) is 86.7 Å². The highest BCUT2D eigenvalue weighted by Crippen LogP contribution is 2.38. The smallest absolute Gasteiger partial charge is 0.331 e. The fourth-order valence-electron chi connectivity index (χ4n) is 6.07. The monoisotopic (exact) mass is 824 g/mol. The molecule has 1 aromatic heterocycles. The van der Waals surface area contributed by atoms with Gasteiger partial charge in [-0.2, -0.15) is 0 Å². The molecule has 0 unspecified atom stereocenters. The lowest BCUT2D eigenvalue weighted by Crippen LogP contribution is -2.63. The van der Waals surface area contributed by atoms with Crippen molar-refractivity contribution < 1.29 is 77.5 Å². The fourth-order valence-corrected chi connectivity index (χ4v) is 6.07. The van der Waals surface area contributed by atoms with Crippen LogP contribution in [-0.2, 0) is 42.9 Å². The number of phenols is 5. The van der Waals surface area contributed by atoms with E-state index in [-0.39, 0.29) is 34.2 Å². The van der Waals surface area contributed by atoms with Crippen LogP contribution in [0.15, 0.2) is 106 Å². The molecular formula is C43H36O17. The topological polar surface area (TPSA) is 255 Å². The van der Waals surface area contributed by atoms with Crippen molar-refractivity contribution in [3.05, 3.63) is 118 Å². The molecule has 60 heavy (non-hydrogen) atoms. The number of rotatable bonds is 12. The summed E-state index contributed by atoms with van der Waals surface area (Å²) in [5, 5.41) is 49.6. The molecule has 0 saturated carbocycles. The summed E-state index contributed by atoms with van der Waals surface area (Å²) in [5.74, 6) is -6.15. The summed E-state index contributed by atoms with van der Waals surface area (Å²) in [7, 11) is 0. The minimum absolute atomic E-state index is 0.00147. The van der Waals surface area contributed by atoms with Gasteiger partial charge in [0.15, 0.2) is 18.0 Å². The number of hydrogen-bond acceptors (Lipinski definition) is 17. The molecule has 2 heterocycles. The molecule has 0 spiro atoms. The van der Waals surface area contributed by atoms with E-state index in [4.69, 9.17) is 32.8 Å². The molecule has 0 aliphatic carbocycles. The van der Waals surface area contributed by atoms with Crippen molar-refractivity contribution >= 4 is 47.0 Å². The molecule has 17 heteroatoms. The van der Waals surface area contributed by atoms with E-state index in [0.717, 1.165) is 38.1 Å². The SMILES string of the molecule is CC(=O)O[C@@H]1[C@@H](OC(C)=O)[C@H](Oc2c(-c3ccc(O)cc3)oc3cc(O)cc(O)c3c2=O)O[C@H](COC(=O)/C=C/c2ccc(O)cc2)[C@H]1OC(=O)/C=C\c1ccc(O)cc1. The second kappa shape index (κ2) is 18.2.